The Morgan fingerprint density at radius 3 is 2.53 bits per heavy atom. The van der Waals surface area contributed by atoms with E-state index in [4.69, 9.17) is 23.7 Å². The van der Waals surface area contributed by atoms with Gasteiger partial charge in [-0.05, 0) is 103 Å². The van der Waals surface area contributed by atoms with Crippen LogP contribution in [0.1, 0.15) is 86.0 Å². The second kappa shape index (κ2) is 10.8. The van der Waals surface area contributed by atoms with Gasteiger partial charge in [0.15, 0.2) is 6.29 Å². The number of ether oxygens (including phenoxy) is 5. The first-order valence-electron chi connectivity index (χ1n) is 18.9. The van der Waals surface area contributed by atoms with Crippen LogP contribution in [-0.2, 0) is 18.9 Å². The second-order valence-electron chi connectivity index (χ2n) is 18.1. The summed E-state index contributed by atoms with van der Waals surface area (Å²) >= 11 is 0. The predicted octanol–water partition coefficient (Wildman–Crippen LogP) is 5.11. The lowest BCUT2D eigenvalue weighted by Gasteiger charge is -2.64. The van der Waals surface area contributed by atoms with Gasteiger partial charge in [-0.1, -0.05) is 34.6 Å². The molecule has 1 aromatic rings. The van der Waals surface area contributed by atoms with Gasteiger partial charge >= 0.3 is 6.01 Å². The Bertz CT molecular complexity index is 1350. The van der Waals surface area contributed by atoms with Gasteiger partial charge in [-0.25, -0.2) is 9.97 Å². The number of nitrogens with zero attached hydrogens (tertiary/aromatic N) is 3. The average molecular weight is 652 g/mol. The first kappa shape index (κ1) is 31.6. The van der Waals surface area contributed by atoms with E-state index in [1.807, 2.05) is 0 Å². The third kappa shape index (κ3) is 4.28. The molecular weight excluding hydrogens is 594 g/mol. The summed E-state index contributed by atoms with van der Waals surface area (Å²) in [4.78, 5) is 11.0. The summed E-state index contributed by atoms with van der Waals surface area (Å²) in [5.74, 6) is 2.00. The summed E-state index contributed by atoms with van der Waals surface area (Å²) in [7, 11) is 0. The molecule has 9 rings (SSSR count). The van der Waals surface area contributed by atoms with Gasteiger partial charge < -0.3 is 28.8 Å². The van der Waals surface area contributed by atoms with E-state index in [1.165, 1.54) is 38.5 Å². The lowest BCUT2D eigenvalue weighted by molar-refractivity contribution is -0.256. The molecule has 47 heavy (non-hydrogen) atoms. The van der Waals surface area contributed by atoms with Crippen molar-refractivity contribution < 1.29 is 28.8 Å². The van der Waals surface area contributed by atoms with E-state index in [-0.39, 0.29) is 40.8 Å². The minimum absolute atomic E-state index is 0.0584. The zero-order chi connectivity index (χ0) is 32.4. The highest BCUT2D eigenvalue weighted by atomic mass is 16.7. The summed E-state index contributed by atoms with van der Waals surface area (Å²) in [5.41, 5.74) is 0.694. The van der Waals surface area contributed by atoms with Crippen LogP contribution < -0.4 is 4.74 Å². The SMILES string of the molecule is C[C@@H]1C[C@H](COc2ncccn2)O[C@H]2[C@H]1[C@@]1(C)CC[C@@]34C[C@@]35CC[C@H](O[C@H]3CN(C6COC6)CCO3)C(C)(C)[C@@H]5CC[C@H]4[C@]1(C)[C@H]2O. The van der Waals surface area contributed by atoms with E-state index in [0.29, 0.717) is 53.2 Å². The highest BCUT2D eigenvalue weighted by molar-refractivity contribution is 5.32. The van der Waals surface area contributed by atoms with Crippen LogP contribution in [0.5, 0.6) is 6.01 Å². The van der Waals surface area contributed by atoms with Crippen molar-refractivity contribution in [3.8, 4) is 6.01 Å². The van der Waals surface area contributed by atoms with E-state index in [1.54, 1.807) is 18.5 Å². The number of aliphatic hydroxyl groups is 1. The summed E-state index contributed by atoms with van der Waals surface area (Å²) in [5, 5.41) is 12.5. The fraction of sp³-hybridized carbons (Fsp3) is 0.895. The Labute approximate surface area is 280 Å². The zero-order valence-corrected chi connectivity index (χ0v) is 29.2. The van der Waals surface area contributed by atoms with Crippen LogP contribution in [0.25, 0.3) is 0 Å². The first-order valence-corrected chi connectivity index (χ1v) is 18.9. The summed E-state index contributed by atoms with van der Waals surface area (Å²) in [6, 6.07) is 2.72. The molecule has 1 N–H and O–H groups in total. The van der Waals surface area contributed by atoms with E-state index >= 15 is 0 Å². The topological polar surface area (TPSA) is 95.4 Å². The monoisotopic (exact) mass is 651 g/mol. The lowest BCUT2D eigenvalue weighted by atomic mass is 9.41. The Morgan fingerprint density at radius 1 is 1.00 bits per heavy atom. The van der Waals surface area contributed by atoms with Gasteiger partial charge in [0.2, 0.25) is 0 Å². The lowest BCUT2D eigenvalue weighted by Crippen LogP contribution is -2.60. The van der Waals surface area contributed by atoms with Gasteiger partial charge in [0, 0.05) is 24.4 Å². The second-order valence-corrected chi connectivity index (χ2v) is 18.1. The molecule has 8 fully saturated rings. The van der Waals surface area contributed by atoms with Crippen LogP contribution in [0.3, 0.4) is 0 Å². The molecule has 13 atom stereocenters. The average Bonchev–Trinajstić information content (AvgIpc) is 3.66. The van der Waals surface area contributed by atoms with Gasteiger partial charge in [0.25, 0.3) is 0 Å². The van der Waals surface area contributed by atoms with E-state index in [0.717, 1.165) is 45.8 Å². The Kier molecular flexibility index (Phi) is 7.28. The fourth-order valence-corrected chi connectivity index (χ4v) is 13.9. The Balaban J connectivity index is 0.928. The van der Waals surface area contributed by atoms with Crippen LogP contribution in [0, 0.1) is 50.7 Å². The minimum Gasteiger partial charge on any atom is -0.461 e. The third-order valence-electron chi connectivity index (χ3n) is 16.3. The number of rotatable bonds is 6. The molecule has 8 aliphatic rings. The largest absolute Gasteiger partial charge is 0.461 e. The molecule has 3 aliphatic heterocycles. The van der Waals surface area contributed by atoms with Gasteiger partial charge in [0.1, 0.15) is 6.61 Å². The number of fused-ring (bicyclic) bond motifs is 4. The normalized spacial score (nSPS) is 51.8. The molecule has 260 valence electrons. The standard InChI is InChI=1S/C38H57N3O6/c1-23-17-25(21-45-33-39-13-6-14-40-33)46-31-30(23)35(4)11-12-38-22-37(38)10-9-28(47-29-18-41(15-16-44-29)24-19-43-20-24)34(2,3)26(37)7-8-27(38)36(35,5)32(31)42/h6,13-14,23-32,42H,7-12,15-22H2,1-5H3/t23-,25-,26+,27+,28+,29+,30+,31+,32+,35-,36-,37-,38+/m1/s1. The first-order chi connectivity index (χ1) is 22.5. The molecule has 0 amide bonds. The van der Waals surface area contributed by atoms with Crippen molar-refractivity contribution in [2.24, 2.45) is 50.7 Å². The van der Waals surface area contributed by atoms with Crippen molar-refractivity contribution >= 4 is 0 Å². The van der Waals surface area contributed by atoms with Crippen molar-refractivity contribution in [3.05, 3.63) is 18.5 Å². The molecule has 9 nitrogen and oxygen atoms in total. The number of aromatic nitrogens is 2. The van der Waals surface area contributed by atoms with Crippen LogP contribution >= 0.6 is 0 Å². The molecule has 2 spiro atoms. The molecule has 4 heterocycles. The van der Waals surface area contributed by atoms with Crippen LogP contribution in [0.4, 0.5) is 0 Å². The number of hydrogen-bond acceptors (Lipinski definition) is 9. The Hall–Kier alpha value is -1.36. The van der Waals surface area contributed by atoms with Gasteiger partial charge in [0.05, 0.1) is 56.8 Å². The number of hydrogen-bond donors (Lipinski definition) is 1. The fourth-order valence-electron chi connectivity index (χ4n) is 13.9. The van der Waals surface area contributed by atoms with Gasteiger partial charge in [-0.3, -0.25) is 4.90 Å². The van der Waals surface area contributed by atoms with Crippen molar-refractivity contribution in [2.75, 3.05) is 39.5 Å². The molecular formula is C38H57N3O6. The molecule has 0 unspecified atom stereocenters. The minimum atomic E-state index is -0.466. The van der Waals surface area contributed by atoms with E-state index in [9.17, 15) is 5.11 Å². The smallest absolute Gasteiger partial charge is 0.316 e. The maximum absolute atomic E-state index is 12.5. The van der Waals surface area contributed by atoms with Gasteiger partial charge in [-0.2, -0.15) is 0 Å². The summed E-state index contributed by atoms with van der Waals surface area (Å²) in [6.45, 7) is 17.1. The summed E-state index contributed by atoms with van der Waals surface area (Å²) < 4.78 is 31.4. The van der Waals surface area contributed by atoms with E-state index in [2.05, 4.69) is 49.5 Å². The maximum Gasteiger partial charge on any atom is 0.316 e. The molecule has 9 heteroatoms. The highest BCUT2D eigenvalue weighted by Crippen LogP contribution is 2.89. The highest BCUT2D eigenvalue weighted by Gasteiger charge is 2.84. The van der Waals surface area contributed by atoms with E-state index < -0.39 is 6.10 Å². The third-order valence-corrected chi connectivity index (χ3v) is 16.3. The zero-order valence-electron chi connectivity index (χ0n) is 29.2. The predicted molar refractivity (Wildman–Crippen MR) is 174 cm³/mol. The summed E-state index contributed by atoms with van der Waals surface area (Å²) in [6.07, 6.45) is 12.4. The quantitative estimate of drug-likeness (QED) is 0.450. The van der Waals surface area contributed by atoms with Crippen molar-refractivity contribution in [2.45, 2.75) is 123 Å². The van der Waals surface area contributed by atoms with Crippen LogP contribution in [0.15, 0.2) is 18.5 Å². The molecule has 5 aliphatic carbocycles. The molecule has 0 bridgehead atoms. The van der Waals surface area contributed by atoms with Crippen LogP contribution in [-0.4, -0.2) is 96.2 Å². The number of morpholine rings is 1. The molecule has 0 aromatic carbocycles. The van der Waals surface area contributed by atoms with Crippen molar-refractivity contribution in [1.29, 1.82) is 0 Å². The molecule has 0 radical (unpaired) electrons. The van der Waals surface area contributed by atoms with Crippen LogP contribution in [0.2, 0.25) is 0 Å². The van der Waals surface area contributed by atoms with Gasteiger partial charge in [-0.15, -0.1) is 0 Å². The maximum atomic E-state index is 12.5. The van der Waals surface area contributed by atoms with Crippen molar-refractivity contribution in [3.63, 3.8) is 0 Å². The molecule has 5 saturated carbocycles. The Morgan fingerprint density at radius 2 is 1.77 bits per heavy atom. The molecule has 3 saturated heterocycles. The molecule has 1 aromatic heterocycles. The van der Waals surface area contributed by atoms with Crippen molar-refractivity contribution in [1.82, 2.24) is 14.9 Å². The number of aliphatic hydroxyl groups excluding tert-OH is 1.